The van der Waals surface area contributed by atoms with Crippen LogP contribution in [0.4, 0.5) is 0 Å². The molecule has 1 saturated heterocycles. The first-order valence-electron chi connectivity index (χ1n) is 8.64. The van der Waals surface area contributed by atoms with Crippen LogP contribution in [-0.4, -0.2) is 36.1 Å². The quantitative estimate of drug-likeness (QED) is 0.835. The number of piperazine rings is 1. The highest BCUT2D eigenvalue weighted by Crippen LogP contribution is 2.34. The minimum atomic E-state index is 0.738. The van der Waals surface area contributed by atoms with Crippen molar-refractivity contribution in [3.8, 4) is 0 Å². The van der Waals surface area contributed by atoms with E-state index in [0.717, 1.165) is 30.0 Å². The number of nitrogens with one attached hydrogen (secondary N) is 1. The van der Waals surface area contributed by atoms with Gasteiger partial charge in [-0.3, -0.25) is 4.90 Å². The van der Waals surface area contributed by atoms with Crippen LogP contribution in [0.1, 0.15) is 66.2 Å². The molecule has 0 bridgehead atoms. The molecule has 0 amide bonds. The lowest BCUT2D eigenvalue weighted by atomic mass is 9.78. The zero-order valence-electron chi connectivity index (χ0n) is 13.5. The number of hydrogen-bond acceptors (Lipinski definition) is 2. The van der Waals surface area contributed by atoms with Crippen LogP contribution in [0.25, 0.3) is 0 Å². The Labute approximate surface area is 120 Å². The van der Waals surface area contributed by atoms with Gasteiger partial charge in [0.2, 0.25) is 0 Å². The van der Waals surface area contributed by atoms with Gasteiger partial charge in [0.05, 0.1) is 0 Å². The Hall–Kier alpha value is -0.0800. The van der Waals surface area contributed by atoms with Crippen molar-refractivity contribution in [2.45, 2.75) is 84.3 Å². The molecule has 112 valence electrons. The van der Waals surface area contributed by atoms with Crippen LogP contribution >= 0.6 is 0 Å². The third-order valence-corrected chi connectivity index (χ3v) is 5.69. The summed E-state index contributed by atoms with van der Waals surface area (Å²) >= 11 is 0. The van der Waals surface area contributed by atoms with Gasteiger partial charge in [-0.25, -0.2) is 0 Å². The first kappa shape index (κ1) is 15.3. The fourth-order valence-electron chi connectivity index (χ4n) is 4.08. The van der Waals surface area contributed by atoms with Crippen LogP contribution in [0.15, 0.2) is 0 Å². The summed E-state index contributed by atoms with van der Waals surface area (Å²) in [5.74, 6) is 1.85. The van der Waals surface area contributed by atoms with Crippen molar-refractivity contribution in [2.75, 3.05) is 13.1 Å². The Kier molecular flexibility index (Phi) is 5.70. The number of hydrogen-bond donors (Lipinski definition) is 1. The molecule has 1 N–H and O–H groups in total. The van der Waals surface area contributed by atoms with E-state index < -0.39 is 0 Å². The standard InChI is InChI=1S/C17H34N2/c1-5-7-15-12-19(16(6-2)11-18-15)17-9-8-13(3)14(4)10-17/h13-18H,5-12H2,1-4H3. The normalized spacial score (nSPS) is 41.4. The van der Waals surface area contributed by atoms with Gasteiger partial charge in [-0.1, -0.05) is 34.1 Å². The second kappa shape index (κ2) is 7.08. The molecule has 2 fully saturated rings. The Morgan fingerprint density at radius 1 is 1.11 bits per heavy atom. The van der Waals surface area contributed by atoms with E-state index in [1.807, 2.05) is 0 Å². The summed E-state index contributed by atoms with van der Waals surface area (Å²) in [4.78, 5) is 2.87. The van der Waals surface area contributed by atoms with E-state index in [2.05, 4.69) is 37.9 Å². The van der Waals surface area contributed by atoms with E-state index in [-0.39, 0.29) is 0 Å². The van der Waals surface area contributed by atoms with Crippen molar-refractivity contribution in [1.82, 2.24) is 10.2 Å². The maximum atomic E-state index is 3.77. The van der Waals surface area contributed by atoms with Crippen molar-refractivity contribution < 1.29 is 0 Å². The molecule has 0 aromatic rings. The minimum absolute atomic E-state index is 0.738. The highest BCUT2D eigenvalue weighted by atomic mass is 15.3. The average molecular weight is 266 g/mol. The van der Waals surface area contributed by atoms with Crippen LogP contribution in [0.5, 0.6) is 0 Å². The molecule has 1 saturated carbocycles. The Bertz CT molecular complexity index is 266. The molecule has 5 unspecified atom stereocenters. The Balaban J connectivity index is 1.97. The fourth-order valence-corrected chi connectivity index (χ4v) is 4.08. The van der Waals surface area contributed by atoms with Crippen molar-refractivity contribution in [2.24, 2.45) is 11.8 Å². The summed E-state index contributed by atoms with van der Waals surface area (Å²) in [6.07, 6.45) is 8.24. The number of rotatable bonds is 4. The summed E-state index contributed by atoms with van der Waals surface area (Å²) in [5, 5.41) is 3.77. The maximum absolute atomic E-state index is 3.77. The van der Waals surface area contributed by atoms with Crippen molar-refractivity contribution in [3.63, 3.8) is 0 Å². The predicted octanol–water partition coefficient (Wildman–Crippen LogP) is 3.66. The van der Waals surface area contributed by atoms with Crippen LogP contribution in [-0.2, 0) is 0 Å². The molecule has 0 aromatic heterocycles. The van der Waals surface area contributed by atoms with Crippen LogP contribution in [0.3, 0.4) is 0 Å². The summed E-state index contributed by atoms with van der Waals surface area (Å²) in [6.45, 7) is 12.1. The lowest BCUT2D eigenvalue weighted by Gasteiger charge is -2.47. The zero-order valence-corrected chi connectivity index (χ0v) is 13.5. The second-order valence-electron chi connectivity index (χ2n) is 7.07. The summed E-state index contributed by atoms with van der Waals surface area (Å²) in [7, 11) is 0. The predicted molar refractivity (Wildman–Crippen MR) is 83.5 cm³/mol. The van der Waals surface area contributed by atoms with Gasteiger partial charge in [-0.15, -0.1) is 0 Å². The molecule has 2 heteroatoms. The van der Waals surface area contributed by atoms with E-state index in [1.165, 1.54) is 51.6 Å². The van der Waals surface area contributed by atoms with Crippen molar-refractivity contribution in [3.05, 3.63) is 0 Å². The summed E-state index contributed by atoms with van der Waals surface area (Å²) in [6, 6.07) is 2.37. The monoisotopic (exact) mass is 266 g/mol. The van der Waals surface area contributed by atoms with Crippen LogP contribution < -0.4 is 5.32 Å². The van der Waals surface area contributed by atoms with Gasteiger partial charge in [-0.2, -0.15) is 0 Å². The molecule has 1 aliphatic heterocycles. The number of nitrogens with zero attached hydrogens (tertiary/aromatic N) is 1. The third-order valence-electron chi connectivity index (χ3n) is 5.69. The molecule has 0 spiro atoms. The smallest absolute Gasteiger partial charge is 0.0221 e. The molecular formula is C17H34N2. The highest BCUT2D eigenvalue weighted by molar-refractivity contribution is 4.92. The molecule has 0 radical (unpaired) electrons. The molecular weight excluding hydrogens is 232 g/mol. The third kappa shape index (κ3) is 3.72. The van der Waals surface area contributed by atoms with Crippen LogP contribution in [0.2, 0.25) is 0 Å². The van der Waals surface area contributed by atoms with E-state index in [9.17, 15) is 0 Å². The Morgan fingerprint density at radius 2 is 1.89 bits per heavy atom. The second-order valence-corrected chi connectivity index (χ2v) is 7.07. The van der Waals surface area contributed by atoms with Gasteiger partial charge in [0.1, 0.15) is 0 Å². The molecule has 1 aliphatic carbocycles. The minimum Gasteiger partial charge on any atom is -0.311 e. The zero-order chi connectivity index (χ0) is 13.8. The van der Waals surface area contributed by atoms with Gasteiger partial charge < -0.3 is 5.32 Å². The topological polar surface area (TPSA) is 15.3 Å². The lowest BCUT2D eigenvalue weighted by Crippen LogP contribution is -2.60. The van der Waals surface area contributed by atoms with E-state index >= 15 is 0 Å². The van der Waals surface area contributed by atoms with E-state index in [0.29, 0.717) is 0 Å². The van der Waals surface area contributed by atoms with Gasteiger partial charge in [0.25, 0.3) is 0 Å². The molecule has 19 heavy (non-hydrogen) atoms. The first-order valence-corrected chi connectivity index (χ1v) is 8.64. The first-order chi connectivity index (χ1) is 9.15. The fraction of sp³-hybridized carbons (Fsp3) is 1.00. The van der Waals surface area contributed by atoms with Crippen molar-refractivity contribution in [1.29, 1.82) is 0 Å². The van der Waals surface area contributed by atoms with E-state index in [4.69, 9.17) is 0 Å². The molecule has 2 rings (SSSR count). The van der Waals surface area contributed by atoms with Crippen LogP contribution in [0, 0.1) is 11.8 Å². The SMILES string of the molecule is CCCC1CN(C2CCC(C)C(C)C2)C(CC)CN1. The molecule has 5 atom stereocenters. The van der Waals surface area contributed by atoms with Gasteiger partial charge in [-0.05, 0) is 43.9 Å². The molecule has 1 heterocycles. The van der Waals surface area contributed by atoms with Crippen molar-refractivity contribution >= 4 is 0 Å². The van der Waals surface area contributed by atoms with Gasteiger partial charge >= 0.3 is 0 Å². The maximum Gasteiger partial charge on any atom is 0.0221 e. The lowest BCUT2D eigenvalue weighted by molar-refractivity contribution is 0.0361. The summed E-state index contributed by atoms with van der Waals surface area (Å²) < 4.78 is 0. The molecule has 2 aliphatic rings. The van der Waals surface area contributed by atoms with Gasteiger partial charge in [0, 0.05) is 31.2 Å². The largest absolute Gasteiger partial charge is 0.311 e. The average Bonchev–Trinajstić information content (AvgIpc) is 2.42. The molecule has 2 nitrogen and oxygen atoms in total. The highest BCUT2D eigenvalue weighted by Gasteiger charge is 2.35. The van der Waals surface area contributed by atoms with E-state index in [1.54, 1.807) is 0 Å². The Morgan fingerprint density at radius 3 is 2.53 bits per heavy atom. The van der Waals surface area contributed by atoms with Gasteiger partial charge in [0.15, 0.2) is 0 Å². The summed E-state index contributed by atoms with van der Waals surface area (Å²) in [5.41, 5.74) is 0. The molecule has 0 aromatic carbocycles.